The molecule has 0 amide bonds. The molecule has 0 spiro atoms. The van der Waals surface area contributed by atoms with Crippen LogP contribution in [0.2, 0.25) is 0 Å². The molecule has 2 aromatic rings. The summed E-state index contributed by atoms with van der Waals surface area (Å²) in [5, 5.41) is 12.3. The van der Waals surface area contributed by atoms with Crippen molar-refractivity contribution in [1.29, 1.82) is 0 Å². The lowest BCUT2D eigenvalue weighted by atomic mass is 10.2. The Labute approximate surface area is 110 Å². The number of aromatic nitrogens is 4. The van der Waals surface area contributed by atoms with Crippen LogP contribution in [0.15, 0.2) is 18.7 Å². The zero-order valence-electron chi connectivity index (χ0n) is 10.4. The van der Waals surface area contributed by atoms with Crippen LogP contribution in [-0.4, -0.2) is 36.6 Å². The number of nitrogens with one attached hydrogen (secondary N) is 1. The fourth-order valence-corrected chi connectivity index (χ4v) is 3.74. The molecule has 2 heterocycles. The summed E-state index contributed by atoms with van der Waals surface area (Å²) in [6, 6.07) is 0.505. The van der Waals surface area contributed by atoms with E-state index in [0.717, 1.165) is 11.5 Å². The van der Waals surface area contributed by atoms with Crippen molar-refractivity contribution in [3.8, 4) is 0 Å². The predicted molar refractivity (Wildman–Crippen MR) is 74.0 cm³/mol. The van der Waals surface area contributed by atoms with Crippen molar-refractivity contribution < 1.29 is 0 Å². The highest BCUT2D eigenvalue weighted by Gasteiger charge is 2.27. The van der Waals surface area contributed by atoms with Gasteiger partial charge in [0.2, 0.25) is 5.65 Å². The molecular weight excluding hydrogens is 246 g/mol. The van der Waals surface area contributed by atoms with Crippen molar-refractivity contribution in [3.63, 3.8) is 0 Å². The summed E-state index contributed by atoms with van der Waals surface area (Å²) in [7, 11) is 0. The third-order valence-electron chi connectivity index (χ3n) is 3.37. The number of fused-ring (bicyclic) bond motifs is 1. The van der Waals surface area contributed by atoms with E-state index in [1.807, 2.05) is 22.4 Å². The van der Waals surface area contributed by atoms with E-state index in [-0.39, 0.29) is 0 Å². The average molecular weight is 263 g/mol. The van der Waals surface area contributed by atoms with Gasteiger partial charge in [0.25, 0.3) is 0 Å². The van der Waals surface area contributed by atoms with Gasteiger partial charge < -0.3 is 5.32 Å². The zero-order valence-corrected chi connectivity index (χ0v) is 11.2. The van der Waals surface area contributed by atoms with Crippen molar-refractivity contribution in [2.24, 2.45) is 0 Å². The highest BCUT2D eigenvalue weighted by atomic mass is 32.2. The second-order valence-corrected chi connectivity index (χ2v) is 6.03. The van der Waals surface area contributed by atoms with Crippen LogP contribution in [0, 0.1) is 0 Å². The van der Waals surface area contributed by atoms with Crippen LogP contribution in [0.4, 0.5) is 5.82 Å². The summed E-state index contributed by atoms with van der Waals surface area (Å²) in [4.78, 5) is 4.39. The van der Waals surface area contributed by atoms with Crippen LogP contribution < -0.4 is 5.32 Å². The van der Waals surface area contributed by atoms with E-state index in [2.05, 4.69) is 27.4 Å². The molecule has 18 heavy (non-hydrogen) atoms. The average Bonchev–Trinajstić information content (AvgIpc) is 3.00. The molecule has 0 aliphatic heterocycles. The first kappa shape index (κ1) is 11.8. The molecule has 5 nitrogen and oxygen atoms in total. The molecule has 2 unspecified atom stereocenters. The molecule has 1 fully saturated rings. The Kier molecular flexibility index (Phi) is 3.36. The largest absolute Gasteiger partial charge is 0.363 e. The van der Waals surface area contributed by atoms with E-state index in [0.29, 0.717) is 11.3 Å². The summed E-state index contributed by atoms with van der Waals surface area (Å²) in [5.74, 6) is 2.02. The number of hydrogen-bond acceptors (Lipinski definition) is 5. The Morgan fingerprint density at radius 1 is 1.50 bits per heavy atom. The van der Waals surface area contributed by atoms with E-state index in [1.54, 1.807) is 12.5 Å². The highest BCUT2D eigenvalue weighted by Crippen LogP contribution is 2.32. The van der Waals surface area contributed by atoms with Gasteiger partial charge in [0, 0.05) is 23.7 Å². The quantitative estimate of drug-likeness (QED) is 0.916. The van der Waals surface area contributed by atoms with Crippen LogP contribution in [0.3, 0.4) is 0 Å². The van der Waals surface area contributed by atoms with Crippen LogP contribution in [0.25, 0.3) is 5.65 Å². The van der Waals surface area contributed by atoms with Gasteiger partial charge in [-0.25, -0.2) is 4.98 Å². The molecule has 1 aliphatic rings. The standard InChI is InChI=1S/C12H17N5S/c1-2-18-10-5-3-4-9(10)15-11-12-16-14-8-17(12)7-6-13-11/h6-10H,2-5H2,1H3,(H,13,15). The Morgan fingerprint density at radius 3 is 3.33 bits per heavy atom. The summed E-state index contributed by atoms with van der Waals surface area (Å²) in [5.41, 5.74) is 0.810. The predicted octanol–water partition coefficient (Wildman–Crippen LogP) is 2.21. The summed E-state index contributed by atoms with van der Waals surface area (Å²) >= 11 is 2.04. The number of rotatable bonds is 4. The molecule has 1 saturated carbocycles. The van der Waals surface area contributed by atoms with Gasteiger partial charge in [0.05, 0.1) is 0 Å². The molecule has 96 valence electrons. The Hall–Kier alpha value is -1.30. The second-order valence-electron chi connectivity index (χ2n) is 4.51. The normalized spacial score (nSPS) is 23.6. The lowest BCUT2D eigenvalue weighted by molar-refractivity contribution is 0.762. The van der Waals surface area contributed by atoms with Crippen molar-refractivity contribution in [2.75, 3.05) is 11.1 Å². The van der Waals surface area contributed by atoms with Gasteiger partial charge in [-0.1, -0.05) is 13.3 Å². The van der Waals surface area contributed by atoms with Crippen LogP contribution in [0.5, 0.6) is 0 Å². The molecule has 6 heteroatoms. The number of thioether (sulfide) groups is 1. The molecule has 2 aromatic heterocycles. The van der Waals surface area contributed by atoms with E-state index in [1.165, 1.54) is 25.0 Å². The second kappa shape index (κ2) is 5.14. The third kappa shape index (κ3) is 2.16. The molecule has 2 atom stereocenters. The first-order valence-electron chi connectivity index (χ1n) is 6.41. The molecule has 0 aromatic carbocycles. The van der Waals surface area contributed by atoms with Gasteiger partial charge in [-0.05, 0) is 18.6 Å². The van der Waals surface area contributed by atoms with Crippen molar-refractivity contribution >= 4 is 23.2 Å². The minimum Gasteiger partial charge on any atom is -0.363 e. The van der Waals surface area contributed by atoms with Crippen LogP contribution in [-0.2, 0) is 0 Å². The molecular formula is C12H17N5S. The van der Waals surface area contributed by atoms with Gasteiger partial charge in [0.1, 0.15) is 6.33 Å². The number of hydrogen-bond donors (Lipinski definition) is 1. The third-order valence-corrected chi connectivity index (χ3v) is 4.70. The Bertz CT molecular complexity index is 526. The fourth-order valence-electron chi connectivity index (χ4n) is 2.54. The van der Waals surface area contributed by atoms with E-state index in [9.17, 15) is 0 Å². The van der Waals surface area contributed by atoms with Gasteiger partial charge in [-0.3, -0.25) is 4.40 Å². The van der Waals surface area contributed by atoms with Crippen molar-refractivity contribution in [2.45, 2.75) is 37.5 Å². The zero-order chi connectivity index (χ0) is 12.4. The Balaban J connectivity index is 1.81. The first-order valence-corrected chi connectivity index (χ1v) is 7.46. The maximum Gasteiger partial charge on any atom is 0.203 e. The summed E-state index contributed by atoms with van der Waals surface area (Å²) in [6.07, 6.45) is 9.17. The molecule has 1 aliphatic carbocycles. The fraction of sp³-hybridized carbons (Fsp3) is 0.583. The lowest BCUT2D eigenvalue weighted by Crippen LogP contribution is -2.27. The van der Waals surface area contributed by atoms with Crippen LogP contribution >= 0.6 is 11.8 Å². The van der Waals surface area contributed by atoms with Gasteiger partial charge in [-0.2, -0.15) is 11.8 Å². The molecule has 1 N–H and O–H groups in total. The van der Waals surface area contributed by atoms with Gasteiger partial charge in [-0.15, -0.1) is 10.2 Å². The van der Waals surface area contributed by atoms with Gasteiger partial charge in [0.15, 0.2) is 5.82 Å². The topological polar surface area (TPSA) is 55.1 Å². The number of nitrogens with zero attached hydrogens (tertiary/aromatic N) is 4. The molecule has 3 rings (SSSR count). The van der Waals surface area contributed by atoms with E-state index < -0.39 is 0 Å². The minimum atomic E-state index is 0.505. The van der Waals surface area contributed by atoms with Crippen LogP contribution in [0.1, 0.15) is 26.2 Å². The van der Waals surface area contributed by atoms with Crippen molar-refractivity contribution in [1.82, 2.24) is 19.6 Å². The lowest BCUT2D eigenvalue weighted by Gasteiger charge is -2.20. The van der Waals surface area contributed by atoms with Crippen molar-refractivity contribution in [3.05, 3.63) is 18.7 Å². The smallest absolute Gasteiger partial charge is 0.203 e. The van der Waals surface area contributed by atoms with E-state index >= 15 is 0 Å². The highest BCUT2D eigenvalue weighted by molar-refractivity contribution is 7.99. The van der Waals surface area contributed by atoms with Gasteiger partial charge >= 0.3 is 0 Å². The maximum absolute atomic E-state index is 4.39. The van der Waals surface area contributed by atoms with E-state index in [4.69, 9.17) is 0 Å². The molecule has 0 saturated heterocycles. The number of anilines is 1. The monoisotopic (exact) mass is 263 g/mol. The molecule has 0 radical (unpaired) electrons. The summed E-state index contributed by atoms with van der Waals surface area (Å²) in [6.45, 7) is 2.22. The first-order chi connectivity index (χ1) is 8.88. The summed E-state index contributed by atoms with van der Waals surface area (Å²) < 4.78 is 1.90. The molecule has 0 bridgehead atoms. The Morgan fingerprint density at radius 2 is 2.44 bits per heavy atom. The maximum atomic E-state index is 4.39. The SMILES string of the molecule is CCSC1CCCC1Nc1nccn2cnnc12. The minimum absolute atomic E-state index is 0.505.